The van der Waals surface area contributed by atoms with Crippen molar-refractivity contribution in [2.75, 3.05) is 5.32 Å². The lowest BCUT2D eigenvalue weighted by molar-refractivity contribution is 1.15. The van der Waals surface area contributed by atoms with Crippen molar-refractivity contribution in [2.45, 2.75) is 13.5 Å². The summed E-state index contributed by atoms with van der Waals surface area (Å²) in [6.45, 7) is 2.82. The molecular formula is C14H13ClIN. The van der Waals surface area contributed by atoms with Gasteiger partial charge in [0.15, 0.2) is 0 Å². The Hall–Kier alpha value is -0.740. The molecule has 0 spiro atoms. The highest BCUT2D eigenvalue weighted by Gasteiger charge is 1.98. The van der Waals surface area contributed by atoms with Gasteiger partial charge in [-0.25, -0.2) is 0 Å². The van der Waals surface area contributed by atoms with E-state index in [1.165, 1.54) is 9.13 Å². The molecule has 0 fully saturated rings. The monoisotopic (exact) mass is 357 g/mol. The number of anilines is 1. The molecular weight excluding hydrogens is 345 g/mol. The fourth-order valence-electron chi connectivity index (χ4n) is 1.51. The number of rotatable bonds is 3. The van der Waals surface area contributed by atoms with E-state index in [2.05, 4.69) is 52.2 Å². The van der Waals surface area contributed by atoms with E-state index in [9.17, 15) is 0 Å². The number of halogens is 2. The molecule has 0 unspecified atom stereocenters. The van der Waals surface area contributed by atoms with E-state index >= 15 is 0 Å². The second kappa shape index (κ2) is 5.74. The van der Waals surface area contributed by atoms with Gasteiger partial charge in [-0.3, -0.25) is 0 Å². The zero-order valence-electron chi connectivity index (χ0n) is 9.50. The molecule has 2 aromatic carbocycles. The van der Waals surface area contributed by atoms with Crippen LogP contribution in [-0.2, 0) is 6.54 Å². The van der Waals surface area contributed by atoms with E-state index in [1.807, 2.05) is 25.1 Å². The average molecular weight is 358 g/mol. The minimum absolute atomic E-state index is 0.803. The maximum atomic E-state index is 6.08. The third-order valence-corrected chi connectivity index (χ3v) is 3.71. The summed E-state index contributed by atoms with van der Waals surface area (Å²) >= 11 is 8.38. The van der Waals surface area contributed by atoms with Crippen molar-refractivity contribution < 1.29 is 0 Å². The van der Waals surface area contributed by atoms with Gasteiger partial charge < -0.3 is 5.32 Å². The molecule has 0 radical (unpaired) electrons. The van der Waals surface area contributed by atoms with Crippen LogP contribution in [0.1, 0.15) is 11.1 Å². The standard InChI is InChI=1S/C14H13ClIN/c1-10-2-7-13(8-14(10)15)17-9-11-3-5-12(16)6-4-11/h2-8,17H,9H2,1H3. The Morgan fingerprint density at radius 1 is 1.12 bits per heavy atom. The van der Waals surface area contributed by atoms with E-state index < -0.39 is 0 Å². The highest BCUT2D eigenvalue weighted by molar-refractivity contribution is 14.1. The molecule has 2 rings (SSSR count). The quantitative estimate of drug-likeness (QED) is 0.773. The van der Waals surface area contributed by atoms with E-state index in [-0.39, 0.29) is 0 Å². The summed E-state index contributed by atoms with van der Waals surface area (Å²) < 4.78 is 1.25. The Bertz CT molecular complexity index is 508. The Labute approximate surface area is 120 Å². The number of hydrogen-bond acceptors (Lipinski definition) is 1. The predicted octanol–water partition coefficient (Wildman–Crippen LogP) is 4.87. The molecule has 0 atom stereocenters. The average Bonchev–Trinajstić information content (AvgIpc) is 2.33. The molecule has 3 heteroatoms. The van der Waals surface area contributed by atoms with E-state index in [1.54, 1.807) is 0 Å². The van der Waals surface area contributed by atoms with E-state index in [0.29, 0.717) is 0 Å². The molecule has 0 amide bonds. The molecule has 1 N–H and O–H groups in total. The van der Waals surface area contributed by atoms with Crippen LogP contribution in [0.2, 0.25) is 5.02 Å². The molecule has 0 aromatic heterocycles. The van der Waals surface area contributed by atoms with Crippen molar-refractivity contribution in [2.24, 2.45) is 0 Å². The molecule has 0 aliphatic heterocycles. The topological polar surface area (TPSA) is 12.0 Å². The molecule has 0 bridgehead atoms. The van der Waals surface area contributed by atoms with Crippen LogP contribution in [0.15, 0.2) is 42.5 Å². The first kappa shape index (κ1) is 12.7. The first-order chi connectivity index (χ1) is 8.15. The van der Waals surface area contributed by atoms with Crippen molar-refractivity contribution in [3.8, 4) is 0 Å². The summed E-state index contributed by atoms with van der Waals surface area (Å²) in [7, 11) is 0. The van der Waals surface area contributed by atoms with Crippen LogP contribution in [0.4, 0.5) is 5.69 Å². The van der Waals surface area contributed by atoms with Gasteiger partial charge in [0.1, 0.15) is 0 Å². The van der Waals surface area contributed by atoms with Crippen molar-refractivity contribution >= 4 is 39.9 Å². The van der Waals surface area contributed by atoms with Crippen LogP contribution < -0.4 is 5.32 Å². The number of nitrogens with one attached hydrogen (secondary N) is 1. The van der Waals surface area contributed by atoms with Crippen molar-refractivity contribution in [1.82, 2.24) is 0 Å². The van der Waals surface area contributed by atoms with E-state index in [0.717, 1.165) is 22.8 Å². The third-order valence-electron chi connectivity index (χ3n) is 2.58. The predicted molar refractivity (Wildman–Crippen MR) is 82.7 cm³/mol. The summed E-state index contributed by atoms with van der Waals surface area (Å²) in [4.78, 5) is 0. The fourth-order valence-corrected chi connectivity index (χ4v) is 2.05. The molecule has 1 nitrogen and oxygen atoms in total. The normalized spacial score (nSPS) is 10.3. The van der Waals surface area contributed by atoms with Crippen LogP contribution in [0.25, 0.3) is 0 Å². The lowest BCUT2D eigenvalue weighted by Crippen LogP contribution is -1.99. The Balaban J connectivity index is 2.02. The van der Waals surface area contributed by atoms with Gasteiger partial charge in [-0.05, 0) is 64.9 Å². The smallest absolute Gasteiger partial charge is 0.0455 e. The lowest BCUT2D eigenvalue weighted by atomic mass is 10.2. The van der Waals surface area contributed by atoms with Crippen LogP contribution in [0.5, 0.6) is 0 Å². The van der Waals surface area contributed by atoms with Gasteiger partial charge in [0.2, 0.25) is 0 Å². The molecule has 17 heavy (non-hydrogen) atoms. The summed E-state index contributed by atoms with van der Waals surface area (Å²) in [5.41, 5.74) is 3.42. The van der Waals surface area contributed by atoms with Crippen molar-refractivity contribution in [1.29, 1.82) is 0 Å². The first-order valence-electron chi connectivity index (χ1n) is 5.39. The molecule has 0 aliphatic carbocycles. The van der Waals surface area contributed by atoms with Crippen LogP contribution >= 0.6 is 34.2 Å². The second-order valence-corrected chi connectivity index (χ2v) is 5.60. The fraction of sp³-hybridized carbons (Fsp3) is 0.143. The summed E-state index contributed by atoms with van der Waals surface area (Å²) in [6.07, 6.45) is 0. The van der Waals surface area contributed by atoms with Crippen LogP contribution in [0, 0.1) is 10.5 Å². The van der Waals surface area contributed by atoms with Crippen molar-refractivity contribution in [3.05, 3.63) is 62.2 Å². The summed E-state index contributed by atoms with van der Waals surface area (Å²) in [5, 5.41) is 4.16. The van der Waals surface area contributed by atoms with Gasteiger partial charge >= 0.3 is 0 Å². The van der Waals surface area contributed by atoms with Crippen LogP contribution in [0.3, 0.4) is 0 Å². The highest BCUT2D eigenvalue weighted by atomic mass is 127. The zero-order chi connectivity index (χ0) is 12.3. The van der Waals surface area contributed by atoms with Gasteiger partial charge in [0.05, 0.1) is 0 Å². The maximum Gasteiger partial charge on any atom is 0.0455 e. The first-order valence-corrected chi connectivity index (χ1v) is 6.85. The molecule has 2 aromatic rings. The number of aryl methyl sites for hydroxylation is 1. The number of benzene rings is 2. The number of hydrogen-bond donors (Lipinski definition) is 1. The highest BCUT2D eigenvalue weighted by Crippen LogP contribution is 2.20. The van der Waals surface area contributed by atoms with Gasteiger partial charge in [-0.2, -0.15) is 0 Å². The van der Waals surface area contributed by atoms with E-state index in [4.69, 9.17) is 11.6 Å². The molecule has 0 heterocycles. The third kappa shape index (κ3) is 3.61. The lowest BCUT2D eigenvalue weighted by Gasteiger charge is -2.08. The second-order valence-electron chi connectivity index (χ2n) is 3.94. The molecule has 0 saturated heterocycles. The molecule has 0 saturated carbocycles. The molecule has 0 aliphatic rings. The minimum Gasteiger partial charge on any atom is -0.381 e. The Morgan fingerprint density at radius 3 is 2.47 bits per heavy atom. The maximum absolute atomic E-state index is 6.08. The van der Waals surface area contributed by atoms with Gasteiger partial charge in [0.25, 0.3) is 0 Å². The van der Waals surface area contributed by atoms with Crippen LogP contribution in [-0.4, -0.2) is 0 Å². The molecule has 88 valence electrons. The summed E-state index contributed by atoms with van der Waals surface area (Å²) in [6, 6.07) is 14.5. The Kier molecular flexibility index (Phi) is 4.29. The van der Waals surface area contributed by atoms with Crippen molar-refractivity contribution in [3.63, 3.8) is 0 Å². The zero-order valence-corrected chi connectivity index (χ0v) is 12.4. The van der Waals surface area contributed by atoms with Gasteiger partial charge in [-0.1, -0.05) is 29.8 Å². The summed E-state index contributed by atoms with van der Waals surface area (Å²) in [5.74, 6) is 0. The SMILES string of the molecule is Cc1ccc(NCc2ccc(I)cc2)cc1Cl. The minimum atomic E-state index is 0.803. The van der Waals surface area contributed by atoms with Gasteiger partial charge in [0, 0.05) is 20.8 Å². The largest absolute Gasteiger partial charge is 0.381 e. The van der Waals surface area contributed by atoms with Gasteiger partial charge in [-0.15, -0.1) is 0 Å². The Morgan fingerprint density at radius 2 is 1.82 bits per heavy atom.